The molecule has 2 N–H and O–H groups in total. The van der Waals surface area contributed by atoms with Crippen LogP contribution in [0.3, 0.4) is 0 Å². The molecule has 2 atom stereocenters. The lowest BCUT2D eigenvalue weighted by atomic mass is 10.0. The summed E-state index contributed by atoms with van der Waals surface area (Å²) in [6.07, 6.45) is 5.44. The molecule has 1 aromatic heterocycles. The van der Waals surface area contributed by atoms with Crippen LogP contribution >= 0.6 is 0 Å². The molecule has 0 aliphatic carbocycles. The van der Waals surface area contributed by atoms with Gasteiger partial charge in [0.1, 0.15) is 0 Å². The minimum Gasteiger partial charge on any atom is -0.347 e. The minimum absolute atomic E-state index is 0.277. The van der Waals surface area contributed by atoms with Crippen LogP contribution in [0.1, 0.15) is 39.2 Å². The molecule has 0 aliphatic heterocycles. The quantitative estimate of drug-likeness (QED) is 0.835. The first-order chi connectivity index (χ1) is 9.13. The molecule has 0 fully saturated rings. The SMILES string of the molecule is CCC(C)Cn1ccc2cc(CC(N)CC)ccc21. The third-order valence-corrected chi connectivity index (χ3v) is 4.06. The fourth-order valence-corrected chi connectivity index (χ4v) is 2.45. The van der Waals surface area contributed by atoms with Gasteiger partial charge < -0.3 is 10.3 Å². The Hall–Kier alpha value is -1.28. The van der Waals surface area contributed by atoms with Gasteiger partial charge in [-0.3, -0.25) is 0 Å². The van der Waals surface area contributed by atoms with Gasteiger partial charge in [-0.05, 0) is 47.9 Å². The number of rotatable bonds is 6. The van der Waals surface area contributed by atoms with Crippen molar-refractivity contribution >= 4 is 10.9 Å². The predicted octanol–water partition coefficient (Wildman–Crippen LogP) is 3.97. The van der Waals surface area contributed by atoms with Crippen molar-refractivity contribution in [2.24, 2.45) is 11.7 Å². The summed E-state index contributed by atoms with van der Waals surface area (Å²) in [6.45, 7) is 7.81. The second-order valence-corrected chi connectivity index (χ2v) is 5.75. The van der Waals surface area contributed by atoms with E-state index in [0.29, 0.717) is 0 Å². The van der Waals surface area contributed by atoms with E-state index in [1.165, 1.54) is 22.9 Å². The highest BCUT2D eigenvalue weighted by Crippen LogP contribution is 2.20. The molecular formula is C17H26N2. The summed E-state index contributed by atoms with van der Waals surface area (Å²) in [6, 6.07) is 9.26. The molecule has 0 saturated carbocycles. The van der Waals surface area contributed by atoms with Gasteiger partial charge in [-0.15, -0.1) is 0 Å². The number of hydrogen-bond acceptors (Lipinski definition) is 1. The van der Waals surface area contributed by atoms with Crippen LogP contribution in [-0.2, 0) is 13.0 Å². The highest BCUT2D eigenvalue weighted by Gasteiger charge is 2.07. The largest absolute Gasteiger partial charge is 0.347 e. The van der Waals surface area contributed by atoms with Crippen LogP contribution in [0.15, 0.2) is 30.5 Å². The van der Waals surface area contributed by atoms with Crippen LogP contribution in [0.5, 0.6) is 0 Å². The minimum atomic E-state index is 0.277. The first-order valence-corrected chi connectivity index (χ1v) is 7.47. The maximum Gasteiger partial charge on any atom is 0.0480 e. The second-order valence-electron chi connectivity index (χ2n) is 5.75. The van der Waals surface area contributed by atoms with E-state index >= 15 is 0 Å². The van der Waals surface area contributed by atoms with Gasteiger partial charge in [0, 0.05) is 24.3 Å². The third kappa shape index (κ3) is 3.38. The van der Waals surface area contributed by atoms with Crippen molar-refractivity contribution in [3.05, 3.63) is 36.0 Å². The molecule has 0 saturated heterocycles. The first-order valence-electron chi connectivity index (χ1n) is 7.47. The van der Waals surface area contributed by atoms with Crippen molar-refractivity contribution < 1.29 is 0 Å². The second kappa shape index (κ2) is 6.25. The van der Waals surface area contributed by atoms with E-state index < -0.39 is 0 Å². The third-order valence-electron chi connectivity index (χ3n) is 4.06. The van der Waals surface area contributed by atoms with Crippen molar-refractivity contribution in [3.8, 4) is 0 Å². The van der Waals surface area contributed by atoms with E-state index in [1.807, 2.05) is 0 Å². The fourth-order valence-electron chi connectivity index (χ4n) is 2.45. The van der Waals surface area contributed by atoms with Gasteiger partial charge in [-0.25, -0.2) is 0 Å². The van der Waals surface area contributed by atoms with Crippen molar-refractivity contribution in [2.45, 2.75) is 52.6 Å². The average molecular weight is 258 g/mol. The lowest BCUT2D eigenvalue weighted by Gasteiger charge is -2.12. The molecule has 104 valence electrons. The average Bonchev–Trinajstić information content (AvgIpc) is 2.81. The first kappa shape index (κ1) is 14.1. The maximum atomic E-state index is 6.03. The summed E-state index contributed by atoms with van der Waals surface area (Å²) in [7, 11) is 0. The van der Waals surface area contributed by atoms with E-state index in [1.54, 1.807) is 0 Å². The number of hydrogen-bond donors (Lipinski definition) is 1. The van der Waals surface area contributed by atoms with E-state index in [4.69, 9.17) is 5.73 Å². The summed E-state index contributed by atoms with van der Waals surface area (Å²) in [4.78, 5) is 0. The maximum absolute atomic E-state index is 6.03. The van der Waals surface area contributed by atoms with Gasteiger partial charge in [0.05, 0.1) is 0 Å². The molecule has 2 rings (SSSR count). The molecule has 0 aliphatic rings. The Labute approximate surface area is 116 Å². The van der Waals surface area contributed by atoms with Crippen molar-refractivity contribution in [2.75, 3.05) is 0 Å². The summed E-state index contributed by atoms with van der Waals surface area (Å²) >= 11 is 0. The molecule has 2 heteroatoms. The number of benzene rings is 1. The number of nitrogens with two attached hydrogens (primary N) is 1. The van der Waals surface area contributed by atoms with Crippen LogP contribution in [-0.4, -0.2) is 10.6 Å². The molecule has 1 aromatic carbocycles. The van der Waals surface area contributed by atoms with Crippen molar-refractivity contribution in [3.63, 3.8) is 0 Å². The van der Waals surface area contributed by atoms with Crippen molar-refractivity contribution in [1.82, 2.24) is 4.57 Å². The Balaban J connectivity index is 2.21. The van der Waals surface area contributed by atoms with E-state index in [9.17, 15) is 0 Å². The predicted molar refractivity (Wildman–Crippen MR) is 83.4 cm³/mol. The van der Waals surface area contributed by atoms with Crippen molar-refractivity contribution in [1.29, 1.82) is 0 Å². The van der Waals surface area contributed by atoms with Gasteiger partial charge in [-0.1, -0.05) is 33.3 Å². The molecular weight excluding hydrogens is 232 g/mol. The van der Waals surface area contributed by atoms with Gasteiger partial charge in [0.2, 0.25) is 0 Å². The number of aromatic nitrogens is 1. The van der Waals surface area contributed by atoms with Crippen LogP contribution in [0.4, 0.5) is 0 Å². The fraction of sp³-hybridized carbons (Fsp3) is 0.529. The van der Waals surface area contributed by atoms with Gasteiger partial charge in [-0.2, -0.15) is 0 Å². The van der Waals surface area contributed by atoms with Gasteiger partial charge in [0.25, 0.3) is 0 Å². The molecule has 2 unspecified atom stereocenters. The number of nitrogens with zero attached hydrogens (tertiary/aromatic N) is 1. The standard InChI is InChI=1S/C17H26N2/c1-4-13(3)12-19-9-8-15-10-14(6-7-17(15)19)11-16(18)5-2/h6-10,13,16H,4-5,11-12,18H2,1-3H3. The zero-order chi connectivity index (χ0) is 13.8. The summed E-state index contributed by atoms with van der Waals surface area (Å²) < 4.78 is 2.37. The molecule has 0 spiro atoms. The van der Waals surface area contributed by atoms with E-state index in [-0.39, 0.29) is 6.04 Å². The Bertz CT molecular complexity index is 527. The van der Waals surface area contributed by atoms with Crippen LogP contribution in [0.25, 0.3) is 10.9 Å². The Morgan fingerprint density at radius 3 is 2.63 bits per heavy atom. The zero-order valence-electron chi connectivity index (χ0n) is 12.4. The summed E-state index contributed by atoms with van der Waals surface area (Å²) in [5.41, 5.74) is 8.72. The monoisotopic (exact) mass is 258 g/mol. The molecule has 0 amide bonds. The topological polar surface area (TPSA) is 30.9 Å². The lowest BCUT2D eigenvalue weighted by molar-refractivity contribution is 0.477. The van der Waals surface area contributed by atoms with Gasteiger partial charge in [0.15, 0.2) is 0 Å². The molecule has 0 radical (unpaired) electrons. The Morgan fingerprint density at radius 2 is 1.95 bits per heavy atom. The lowest BCUT2D eigenvalue weighted by Crippen LogP contribution is -2.21. The zero-order valence-corrected chi connectivity index (χ0v) is 12.4. The van der Waals surface area contributed by atoms with Crippen LogP contribution in [0.2, 0.25) is 0 Å². The summed E-state index contributed by atoms with van der Waals surface area (Å²) in [5.74, 6) is 0.726. The molecule has 0 bridgehead atoms. The molecule has 2 nitrogen and oxygen atoms in total. The molecule has 19 heavy (non-hydrogen) atoms. The molecule has 1 heterocycles. The highest BCUT2D eigenvalue weighted by atomic mass is 15.0. The number of fused-ring (bicyclic) bond motifs is 1. The Kier molecular flexibility index (Phi) is 4.65. The molecule has 2 aromatic rings. The van der Waals surface area contributed by atoms with Crippen LogP contribution in [0, 0.1) is 5.92 Å². The van der Waals surface area contributed by atoms with E-state index in [2.05, 4.69) is 55.8 Å². The smallest absolute Gasteiger partial charge is 0.0480 e. The van der Waals surface area contributed by atoms with E-state index in [0.717, 1.165) is 25.3 Å². The highest BCUT2D eigenvalue weighted by molar-refractivity contribution is 5.80. The van der Waals surface area contributed by atoms with Crippen LogP contribution < -0.4 is 5.73 Å². The normalized spacial score (nSPS) is 14.7. The summed E-state index contributed by atoms with van der Waals surface area (Å²) in [5, 5.41) is 1.34. The Morgan fingerprint density at radius 1 is 1.16 bits per heavy atom. The van der Waals surface area contributed by atoms with Gasteiger partial charge >= 0.3 is 0 Å².